The van der Waals surface area contributed by atoms with E-state index < -0.39 is 0 Å². The van der Waals surface area contributed by atoms with Crippen LogP contribution in [0.25, 0.3) is 10.9 Å². The molecule has 0 radical (unpaired) electrons. The fraction of sp³-hybridized carbons (Fsp3) is 0. The van der Waals surface area contributed by atoms with Crippen LogP contribution in [0.1, 0.15) is 5.69 Å². The zero-order valence-corrected chi connectivity index (χ0v) is 10.5. The molecule has 0 aliphatic carbocycles. The molecule has 0 fully saturated rings. The molecule has 0 spiro atoms. The normalized spacial score (nSPS) is 10.2. The molecule has 5 heteroatoms. The smallest absolute Gasteiger partial charge is 0.156 e. The highest BCUT2D eigenvalue weighted by molar-refractivity contribution is 9.11. The maximum atomic E-state index is 9.76. The fourth-order valence-electron chi connectivity index (χ4n) is 1.27. The van der Waals surface area contributed by atoms with Crippen LogP contribution in [0.3, 0.4) is 0 Å². The Morgan fingerprint density at radius 1 is 1.27 bits per heavy atom. The molecule has 0 aliphatic rings. The zero-order valence-electron chi connectivity index (χ0n) is 7.33. The van der Waals surface area contributed by atoms with Gasteiger partial charge < -0.3 is 5.11 Å². The second-order valence-electron chi connectivity index (χ2n) is 2.89. The number of aromatic hydroxyl groups is 1. The predicted molar refractivity (Wildman–Crippen MR) is 63.5 cm³/mol. The van der Waals surface area contributed by atoms with Crippen molar-refractivity contribution in [1.82, 2.24) is 4.98 Å². The van der Waals surface area contributed by atoms with Gasteiger partial charge in [-0.2, -0.15) is 5.26 Å². The summed E-state index contributed by atoms with van der Waals surface area (Å²) < 4.78 is 1.36. The molecule has 0 amide bonds. The van der Waals surface area contributed by atoms with Crippen molar-refractivity contribution < 1.29 is 5.11 Å². The first-order chi connectivity index (χ1) is 7.13. The van der Waals surface area contributed by atoms with Crippen molar-refractivity contribution in [2.24, 2.45) is 0 Å². The number of aromatic nitrogens is 1. The molecule has 0 saturated carbocycles. The molecular weight excluding hydrogens is 324 g/mol. The highest BCUT2D eigenvalue weighted by Gasteiger charge is 2.10. The number of nitrogens with zero attached hydrogens (tertiary/aromatic N) is 2. The molecule has 3 nitrogen and oxygen atoms in total. The molecule has 15 heavy (non-hydrogen) atoms. The lowest BCUT2D eigenvalue weighted by Gasteiger charge is -2.04. The first kappa shape index (κ1) is 10.4. The Bertz CT molecular complexity index is 590. The Morgan fingerprint density at radius 2 is 2.00 bits per heavy atom. The first-order valence-electron chi connectivity index (χ1n) is 4.01. The lowest BCUT2D eigenvalue weighted by atomic mass is 10.2. The van der Waals surface area contributed by atoms with Crippen LogP contribution in [-0.2, 0) is 0 Å². The van der Waals surface area contributed by atoms with Gasteiger partial charge in [-0.15, -0.1) is 0 Å². The van der Waals surface area contributed by atoms with Gasteiger partial charge in [-0.1, -0.05) is 15.9 Å². The summed E-state index contributed by atoms with van der Waals surface area (Å²) in [6.07, 6.45) is 0. The van der Waals surface area contributed by atoms with E-state index in [1.54, 1.807) is 18.2 Å². The summed E-state index contributed by atoms with van der Waals surface area (Å²) >= 11 is 6.58. The molecule has 1 aromatic carbocycles. The number of pyridine rings is 1. The number of phenols is 1. The van der Waals surface area contributed by atoms with Gasteiger partial charge in [-0.25, -0.2) is 4.98 Å². The van der Waals surface area contributed by atoms with Crippen LogP contribution in [0.5, 0.6) is 5.75 Å². The summed E-state index contributed by atoms with van der Waals surface area (Å²) in [5.41, 5.74) is 0.693. The lowest BCUT2D eigenvalue weighted by Crippen LogP contribution is -1.86. The number of hydrogen-bond donors (Lipinski definition) is 1. The minimum Gasteiger partial charge on any atom is -0.505 e. The van der Waals surface area contributed by atoms with Crippen LogP contribution in [0.4, 0.5) is 0 Å². The Labute approximate surface area is 103 Å². The molecule has 2 rings (SSSR count). The van der Waals surface area contributed by atoms with Gasteiger partial charge >= 0.3 is 0 Å². The quantitative estimate of drug-likeness (QED) is 0.807. The van der Waals surface area contributed by atoms with E-state index in [9.17, 15) is 5.11 Å². The van der Waals surface area contributed by atoms with E-state index >= 15 is 0 Å². The predicted octanol–water partition coefficient (Wildman–Crippen LogP) is 3.34. The van der Waals surface area contributed by atoms with E-state index in [0.717, 1.165) is 9.86 Å². The molecule has 0 aliphatic heterocycles. The molecule has 1 aromatic heterocycles. The summed E-state index contributed by atoms with van der Waals surface area (Å²) in [5, 5.41) is 19.2. The van der Waals surface area contributed by atoms with Crippen LogP contribution < -0.4 is 0 Å². The Balaban J connectivity index is 2.93. The second-order valence-corrected chi connectivity index (χ2v) is 4.60. The van der Waals surface area contributed by atoms with Crippen LogP contribution in [-0.4, -0.2) is 10.1 Å². The SMILES string of the molecule is N#Cc1ccc2c(Br)cc(Br)c(O)c2n1. The van der Waals surface area contributed by atoms with Gasteiger partial charge in [-0.3, -0.25) is 0 Å². The van der Waals surface area contributed by atoms with Crippen molar-refractivity contribution >= 4 is 42.8 Å². The van der Waals surface area contributed by atoms with Crippen molar-refractivity contribution in [3.05, 3.63) is 32.8 Å². The molecule has 0 unspecified atom stereocenters. The third-order valence-electron chi connectivity index (χ3n) is 1.97. The van der Waals surface area contributed by atoms with Crippen LogP contribution in [0.15, 0.2) is 27.1 Å². The summed E-state index contributed by atoms with van der Waals surface area (Å²) in [7, 11) is 0. The third kappa shape index (κ3) is 1.71. The lowest BCUT2D eigenvalue weighted by molar-refractivity contribution is 0.477. The highest BCUT2D eigenvalue weighted by Crippen LogP contribution is 2.36. The van der Waals surface area contributed by atoms with E-state index in [-0.39, 0.29) is 11.4 Å². The molecule has 0 bridgehead atoms. The Kier molecular flexibility index (Phi) is 2.63. The van der Waals surface area contributed by atoms with E-state index in [2.05, 4.69) is 36.8 Å². The number of benzene rings is 1. The average Bonchev–Trinajstić information content (AvgIpc) is 2.25. The van der Waals surface area contributed by atoms with Crippen LogP contribution in [0.2, 0.25) is 0 Å². The third-order valence-corrected chi connectivity index (χ3v) is 3.23. The number of nitriles is 1. The summed E-state index contributed by atoms with van der Waals surface area (Å²) in [4.78, 5) is 4.04. The van der Waals surface area contributed by atoms with Crippen molar-refractivity contribution in [3.8, 4) is 11.8 Å². The number of fused-ring (bicyclic) bond motifs is 1. The molecule has 2 aromatic rings. The maximum absolute atomic E-state index is 9.76. The largest absolute Gasteiger partial charge is 0.505 e. The standard InChI is InChI=1S/C10H4Br2N2O/c11-7-3-8(12)10(15)9-6(7)2-1-5(4-13)14-9/h1-3,15H. The van der Waals surface area contributed by atoms with Gasteiger partial charge in [0, 0.05) is 9.86 Å². The molecular formula is C10H4Br2N2O. The van der Waals surface area contributed by atoms with Crippen molar-refractivity contribution in [3.63, 3.8) is 0 Å². The summed E-state index contributed by atoms with van der Waals surface area (Å²) in [6, 6.07) is 7.03. The summed E-state index contributed by atoms with van der Waals surface area (Å²) in [5.74, 6) is 0.0466. The van der Waals surface area contributed by atoms with Crippen LogP contribution in [0, 0.1) is 11.3 Å². The minimum absolute atomic E-state index is 0.0466. The molecule has 74 valence electrons. The fourth-order valence-corrected chi connectivity index (χ4v) is 2.54. The highest BCUT2D eigenvalue weighted by atomic mass is 79.9. The average molecular weight is 328 g/mol. The zero-order chi connectivity index (χ0) is 11.0. The van der Waals surface area contributed by atoms with E-state index in [1.165, 1.54) is 0 Å². The van der Waals surface area contributed by atoms with Gasteiger partial charge in [-0.05, 0) is 34.1 Å². The number of phenolic OH excluding ortho intramolecular Hbond substituents is 1. The second kappa shape index (κ2) is 3.80. The maximum Gasteiger partial charge on any atom is 0.156 e. The van der Waals surface area contributed by atoms with Gasteiger partial charge in [0.1, 0.15) is 17.3 Å². The first-order valence-corrected chi connectivity index (χ1v) is 5.60. The van der Waals surface area contributed by atoms with Crippen molar-refractivity contribution in [2.75, 3.05) is 0 Å². The monoisotopic (exact) mass is 326 g/mol. The molecule has 0 atom stereocenters. The number of halogens is 2. The van der Waals surface area contributed by atoms with Crippen molar-refractivity contribution in [1.29, 1.82) is 5.26 Å². The van der Waals surface area contributed by atoms with E-state index in [0.29, 0.717) is 9.99 Å². The van der Waals surface area contributed by atoms with E-state index in [1.807, 2.05) is 6.07 Å². The van der Waals surface area contributed by atoms with Gasteiger partial charge in [0.15, 0.2) is 5.75 Å². The topological polar surface area (TPSA) is 56.9 Å². The van der Waals surface area contributed by atoms with Gasteiger partial charge in [0.2, 0.25) is 0 Å². The Hall–Kier alpha value is -1.12. The molecule has 1 N–H and O–H groups in total. The van der Waals surface area contributed by atoms with Crippen molar-refractivity contribution in [2.45, 2.75) is 0 Å². The van der Waals surface area contributed by atoms with Gasteiger partial charge in [0.05, 0.1) is 4.47 Å². The van der Waals surface area contributed by atoms with Gasteiger partial charge in [0.25, 0.3) is 0 Å². The van der Waals surface area contributed by atoms with E-state index in [4.69, 9.17) is 5.26 Å². The molecule has 0 saturated heterocycles. The van der Waals surface area contributed by atoms with Crippen LogP contribution >= 0.6 is 31.9 Å². The Morgan fingerprint density at radius 3 is 2.67 bits per heavy atom. The number of rotatable bonds is 0. The molecule has 1 heterocycles. The number of hydrogen-bond acceptors (Lipinski definition) is 3. The minimum atomic E-state index is 0.0466. The summed E-state index contributed by atoms with van der Waals surface area (Å²) in [6.45, 7) is 0.